The molecule has 0 amide bonds. The van der Waals surface area contributed by atoms with Crippen molar-refractivity contribution in [1.29, 1.82) is 0 Å². The lowest BCUT2D eigenvalue weighted by Crippen LogP contribution is -2.26. The topological polar surface area (TPSA) is 60.2 Å². The quantitative estimate of drug-likeness (QED) is 0.570. The standard InChI is InChI=1S/C16H20BrNO3/c1-2-4-11-7-8-15(19)13(9-11)10-12-5-3-6-14(16(12)17)18(20)21/h3,5-6,11,13H,2,4,7-10H2,1H3. The Morgan fingerprint density at radius 3 is 2.86 bits per heavy atom. The summed E-state index contributed by atoms with van der Waals surface area (Å²) in [6, 6.07) is 5.04. The summed E-state index contributed by atoms with van der Waals surface area (Å²) in [4.78, 5) is 22.7. The molecule has 5 heteroatoms. The zero-order valence-corrected chi connectivity index (χ0v) is 13.8. The van der Waals surface area contributed by atoms with Gasteiger partial charge >= 0.3 is 0 Å². The van der Waals surface area contributed by atoms with Crippen LogP contribution < -0.4 is 0 Å². The van der Waals surface area contributed by atoms with Gasteiger partial charge in [0.05, 0.1) is 9.40 Å². The molecule has 114 valence electrons. The lowest BCUT2D eigenvalue weighted by molar-refractivity contribution is -0.385. The summed E-state index contributed by atoms with van der Waals surface area (Å²) < 4.78 is 0.514. The number of hydrogen-bond donors (Lipinski definition) is 0. The Labute approximate surface area is 133 Å². The molecule has 0 aliphatic heterocycles. The first-order valence-corrected chi connectivity index (χ1v) is 8.26. The number of nitro groups is 1. The summed E-state index contributed by atoms with van der Waals surface area (Å²) in [6.07, 6.45) is 5.48. The van der Waals surface area contributed by atoms with Crippen molar-refractivity contribution in [2.24, 2.45) is 11.8 Å². The van der Waals surface area contributed by atoms with Crippen molar-refractivity contribution in [2.75, 3.05) is 0 Å². The maximum absolute atomic E-state index is 12.1. The van der Waals surface area contributed by atoms with Crippen LogP contribution in [0.25, 0.3) is 0 Å². The van der Waals surface area contributed by atoms with E-state index in [0.717, 1.165) is 24.8 Å². The SMILES string of the molecule is CCCC1CCC(=O)C(Cc2cccc([N+](=O)[O-])c2Br)C1. The van der Waals surface area contributed by atoms with Gasteiger partial charge in [-0.15, -0.1) is 0 Å². The molecule has 1 aliphatic carbocycles. The Morgan fingerprint density at radius 1 is 1.43 bits per heavy atom. The van der Waals surface area contributed by atoms with E-state index in [9.17, 15) is 14.9 Å². The fourth-order valence-electron chi connectivity index (χ4n) is 3.20. The molecule has 1 aliphatic rings. The van der Waals surface area contributed by atoms with Crippen molar-refractivity contribution in [2.45, 2.75) is 45.4 Å². The minimum atomic E-state index is -0.393. The highest BCUT2D eigenvalue weighted by molar-refractivity contribution is 9.10. The van der Waals surface area contributed by atoms with Crippen LogP contribution in [-0.2, 0) is 11.2 Å². The van der Waals surface area contributed by atoms with Gasteiger partial charge in [0.15, 0.2) is 0 Å². The fourth-order valence-corrected chi connectivity index (χ4v) is 3.77. The number of nitrogens with zero attached hydrogens (tertiary/aromatic N) is 1. The molecule has 1 saturated carbocycles. The van der Waals surface area contributed by atoms with Gasteiger partial charge < -0.3 is 0 Å². The minimum Gasteiger partial charge on any atom is -0.299 e. The molecule has 2 unspecified atom stereocenters. The summed E-state index contributed by atoms with van der Waals surface area (Å²) >= 11 is 3.32. The maximum Gasteiger partial charge on any atom is 0.283 e. The highest BCUT2D eigenvalue weighted by Crippen LogP contribution is 2.35. The molecule has 0 heterocycles. The van der Waals surface area contributed by atoms with Gasteiger partial charge in [-0.25, -0.2) is 0 Å². The average molecular weight is 354 g/mol. The molecule has 0 radical (unpaired) electrons. The first-order valence-electron chi connectivity index (χ1n) is 7.47. The summed E-state index contributed by atoms with van der Waals surface area (Å²) in [5, 5.41) is 11.0. The molecular weight excluding hydrogens is 334 g/mol. The van der Waals surface area contributed by atoms with Gasteiger partial charge in [0.1, 0.15) is 5.78 Å². The van der Waals surface area contributed by atoms with Crippen molar-refractivity contribution < 1.29 is 9.72 Å². The smallest absolute Gasteiger partial charge is 0.283 e. The van der Waals surface area contributed by atoms with E-state index in [1.165, 1.54) is 12.5 Å². The van der Waals surface area contributed by atoms with Gasteiger partial charge in [-0.1, -0.05) is 31.9 Å². The largest absolute Gasteiger partial charge is 0.299 e. The van der Waals surface area contributed by atoms with Crippen molar-refractivity contribution in [3.8, 4) is 0 Å². The molecule has 0 spiro atoms. The number of halogens is 1. The first-order chi connectivity index (χ1) is 10.0. The summed E-state index contributed by atoms with van der Waals surface area (Å²) in [7, 11) is 0. The fraction of sp³-hybridized carbons (Fsp3) is 0.562. The third-order valence-corrected chi connectivity index (χ3v) is 5.21. The van der Waals surface area contributed by atoms with Crippen molar-refractivity contribution in [3.05, 3.63) is 38.3 Å². The predicted molar refractivity (Wildman–Crippen MR) is 85.2 cm³/mol. The zero-order valence-electron chi connectivity index (χ0n) is 12.2. The molecule has 1 aromatic carbocycles. The molecular formula is C16H20BrNO3. The molecule has 0 aromatic heterocycles. The molecule has 2 atom stereocenters. The van der Waals surface area contributed by atoms with E-state index in [1.54, 1.807) is 6.07 Å². The van der Waals surface area contributed by atoms with Crippen LogP contribution >= 0.6 is 15.9 Å². The second-order valence-electron chi connectivity index (χ2n) is 5.80. The van der Waals surface area contributed by atoms with Crippen LogP contribution in [-0.4, -0.2) is 10.7 Å². The number of benzene rings is 1. The summed E-state index contributed by atoms with van der Waals surface area (Å²) in [6.45, 7) is 2.17. The van der Waals surface area contributed by atoms with Gasteiger partial charge in [-0.3, -0.25) is 14.9 Å². The molecule has 2 rings (SSSR count). The normalized spacial score (nSPS) is 22.3. The van der Waals surface area contributed by atoms with Crippen molar-refractivity contribution >= 4 is 27.4 Å². The van der Waals surface area contributed by atoms with E-state index in [1.807, 2.05) is 6.07 Å². The van der Waals surface area contributed by atoms with Crippen LogP contribution in [0.5, 0.6) is 0 Å². The van der Waals surface area contributed by atoms with Crippen LogP contribution in [0, 0.1) is 22.0 Å². The number of nitro benzene ring substituents is 1. The molecule has 1 aromatic rings. The van der Waals surface area contributed by atoms with Gasteiger partial charge in [0, 0.05) is 18.4 Å². The lowest BCUT2D eigenvalue weighted by atomic mass is 9.76. The lowest BCUT2D eigenvalue weighted by Gasteiger charge is -2.28. The number of carbonyl (C=O) groups excluding carboxylic acids is 1. The van der Waals surface area contributed by atoms with Gasteiger partial charge in [0.25, 0.3) is 5.69 Å². The average Bonchev–Trinajstić information content (AvgIpc) is 2.44. The van der Waals surface area contributed by atoms with E-state index >= 15 is 0 Å². The second kappa shape index (κ2) is 7.16. The van der Waals surface area contributed by atoms with Gasteiger partial charge in [-0.05, 0) is 46.7 Å². The molecule has 21 heavy (non-hydrogen) atoms. The molecule has 0 N–H and O–H groups in total. The van der Waals surface area contributed by atoms with E-state index in [4.69, 9.17) is 0 Å². The zero-order chi connectivity index (χ0) is 15.4. The second-order valence-corrected chi connectivity index (χ2v) is 6.60. The number of hydrogen-bond acceptors (Lipinski definition) is 3. The van der Waals surface area contributed by atoms with Crippen LogP contribution in [0.2, 0.25) is 0 Å². The highest BCUT2D eigenvalue weighted by atomic mass is 79.9. The Bertz CT molecular complexity index is 544. The third kappa shape index (κ3) is 3.90. The Morgan fingerprint density at radius 2 is 2.19 bits per heavy atom. The molecule has 0 saturated heterocycles. The highest BCUT2D eigenvalue weighted by Gasteiger charge is 2.29. The molecule has 0 bridgehead atoms. The molecule has 4 nitrogen and oxygen atoms in total. The number of Topliss-reactive ketones (excluding diaryl/α,β-unsaturated/α-hetero) is 1. The number of ketones is 1. The van der Waals surface area contributed by atoms with Gasteiger partial charge in [-0.2, -0.15) is 0 Å². The van der Waals surface area contributed by atoms with Crippen molar-refractivity contribution in [3.63, 3.8) is 0 Å². The summed E-state index contributed by atoms with van der Waals surface area (Å²) in [5.41, 5.74) is 0.931. The van der Waals surface area contributed by atoms with E-state index in [0.29, 0.717) is 29.0 Å². The van der Waals surface area contributed by atoms with Crippen LogP contribution in [0.15, 0.2) is 22.7 Å². The Hall–Kier alpha value is -1.23. The van der Waals surface area contributed by atoms with Crippen LogP contribution in [0.4, 0.5) is 5.69 Å². The monoisotopic (exact) mass is 353 g/mol. The maximum atomic E-state index is 12.1. The molecule has 1 fully saturated rings. The van der Waals surface area contributed by atoms with E-state index in [2.05, 4.69) is 22.9 Å². The first kappa shape index (κ1) is 16.1. The predicted octanol–water partition coefficient (Wildman–Crippen LogP) is 4.69. The minimum absolute atomic E-state index is 0.00797. The van der Waals surface area contributed by atoms with Gasteiger partial charge in [0.2, 0.25) is 0 Å². The van der Waals surface area contributed by atoms with E-state index < -0.39 is 4.92 Å². The number of carbonyl (C=O) groups is 1. The van der Waals surface area contributed by atoms with Crippen molar-refractivity contribution in [1.82, 2.24) is 0 Å². The number of rotatable bonds is 5. The Balaban J connectivity index is 2.15. The van der Waals surface area contributed by atoms with Crippen LogP contribution in [0.3, 0.4) is 0 Å². The van der Waals surface area contributed by atoms with Crippen LogP contribution in [0.1, 0.15) is 44.6 Å². The Kier molecular flexibility index (Phi) is 5.51. The van der Waals surface area contributed by atoms with E-state index in [-0.39, 0.29) is 11.6 Å². The summed E-state index contributed by atoms with van der Waals surface area (Å²) in [5.74, 6) is 0.935. The third-order valence-electron chi connectivity index (χ3n) is 4.29.